The van der Waals surface area contributed by atoms with Gasteiger partial charge in [0.05, 0.1) is 23.0 Å². The molecule has 3 fully saturated rings. The number of hydrogen-bond donors (Lipinski definition) is 0. The molecule has 0 unspecified atom stereocenters. The quantitative estimate of drug-likeness (QED) is 0.791. The van der Waals surface area contributed by atoms with E-state index in [-0.39, 0.29) is 18.0 Å². The molecule has 0 aromatic heterocycles. The third-order valence-corrected chi connectivity index (χ3v) is 6.33. The highest BCUT2D eigenvalue weighted by atomic mass is 19.1. The van der Waals surface area contributed by atoms with E-state index in [1.807, 2.05) is 13.8 Å². The van der Waals surface area contributed by atoms with Gasteiger partial charge in [-0.25, -0.2) is 4.39 Å². The molecular weight excluding hydrogens is 283 g/mol. The molecule has 0 aliphatic heterocycles. The Balaban J connectivity index is 1.62. The fraction of sp³-hybridized carbons (Fsp3) is 0.944. The maximum Gasteiger partial charge on any atom is 0.151 e. The lowest BCUT2D eigenvalue weighted by molar-refractivity contribution is -0.197. The topological polar surface area (TPSA) is 35.5 Å². The first-order valence-corrected chi connectivity index (χ1v) is 9.01. The number of rotatable bonds is 4. The molecule has 0 aromatic carbocycles. The average molecular weight is 312 g/mol. The minimum atomic E-state index is -0.947. The van der Waals surface area contributed by atoms with Crippen LogP contribution in [-0.4, -0.2) is 37.4 Å². The van der Waals surface area contributed by atoms with E-state index in [9.17, 15) is 4.79 Å². The van der Waals surface area contributed by atoms with Gasteiger partial charge in [-0.2, -0.15) is 0 Å². The third-order valence-electron chi connectivity index (χ3n) is 6.33. The number of hydrogen-bond acceptors (Lipinski definition) is 3. The van der Waals surface area contributed by atoms with Gasteiger partial charge in [-0.3, -0.25) is 4.79 Å². The fourth-order valence-corrected chi connectivity index (χ4v) is 5.16. The number of carbonyl (C=O) groups excluding carboxylic acids is 1. The van der Waals surface area contributed by atoms with E-state index in [4.69, 9.17) is 9.47 Å². The number of alkyl halides is 1. The SMILES string of the molecule is CCOC1CCC2(CC1)C(=O)C1(CCC(OCC)CC1)C2F. The molecule has 126 valence electrons. The van der Waals surface area contributed by atoms with Gasteiger partial charge in [-0.15, -0.1) is 0 Å². The van der Waals surface area contributed by atoms with Crippen LogP contribution >= 0.6 is 0 Å². The standard InChI is InChI=1S/C18H29FO3/c1-3-21-13-5-9-17(10-6-13)15(19)18(16(17)20)11-7-14(8-12-18)22-4-2/h13-15H,3-12H2,1-2H3. The van der Waals surface area contributed by atoms with Crippen LogP contribution in [0.4, 0.5) is 4.39 Å². The second-order valence-electron chi connectivity index (χ2n) is 7.31. The Morgan fingerprint density at radius 3 is 1.55 bits per heavy atom. The smallest absolute Gasteiger partial charge is 0.151 e. The summed E-state index contributed by atoms with van der Waals surface area (Å²) in [7, 11) is 0. The van der Waals surface area contributed by atoms with Gasteiger partial charge in [0.15, 0.2) is 5.78 Å². The van der Waals surface area contributed by atoms with Crippen LogP contribution in [0, 0.1) is 10.8 Å². The maximum atomic E-state index is 15.2. The predicted molar refractivity (Wildman–Crippen MR) is 82.5 cm³/mol. The Labute approximate surface area is 132 Å². The molecule has 3 aliphatic carbocycles. The summed E-state index contributed by atoms with van der Waals surface area (Å²) in [5, 5.41) is 0. The van der Waals surface area contributed by atoms with Gasteiger partial charge >= 0.3 is 0 Å². The largest absolute Gasteiger partial charge is 0.379 e. The monoisotopic (exact) mass is 312 g/mol. The van der Waals surface area contributed by atoms with Gasteiger partial charge in [0, 0.05) is 13.2 Å². The van der Waals surface area contributed by atoms with Gasteiger partial charge in [-0.1, -0.05) is 0 Å². The molecular formula is C18H29FO3. The fourth-order valence-electron chi connectivity index (χ4n) is 5.16. The van der Waals surface area contributed by atoms with E-state index < -0.39 is 17.0 Å². The molecule has 0 heterocycles. The molecule has 0 radical (unpaired) electrons. The molecule has 4 heteroatoms. The zero-order valence-electron chi connectivity index (χ0n) is 13.9. The first kappa shape index (κ1) is 16.4. The van der Waals surface area contributed by atoms with Crippen LogP contribution < -0.4 is 0 Å². The lowest BCUT2D eigenvalue weighted by Gasteiger charge is -2.61. The molecule has 2 spiro atoms. The third kappa shape index (κ3) is 2.34. The summed E-state index contributed by atoms with van der Waals surface area (Å²) in [6.07, 6.45) is 5.52. The van der Waals surface area contributed by atoms with E-state index in [2.05, 4.69) is 0 Å². The molecule has 0 atom stereocenters. The van der Waals surface area contributed by atoms with E-state index in [1.54, 1.807) is 0 Å². The van der Waals surface area contributed by atoms with Crippen molar-refractivity contribution < 1.29 is 18.7 Å². The van der Waals surface area contributed by atoms with Gasteiger partial charge in [-0.05, 0) is 65.2 Å². The van der Waals surface area contributed by atoms with Crippen molar-refractivity contribution in [3.63, 3.8) is 0 Å². The first-order chi connectivity index (χ1) is 10.6. The van der Waals surface area contributed by atoms with Gasteiger partial charge in [0.2, 0.25) is 0 Å². The van der Waals surface area contributed by atoms with E-state index in [0.717, 1.165) is 25.7 Å². The molecule has 0 N–H and O–H groups in total. The second-order valence-corrected chi connectivity index (χ2v) is 7.31. The van der Waals surface area contributed by atoms with Crippen molar-refractivity contribution in [3.05, 3.63) is 0 Å². The summed E-state index contributed by atoms with van der Waals surface area (Å²) in [5.74, 6) is 0.220. The highest BCUT2D eigenvalue weighted by Crippen LogP contribution is 2.64. The van der Waals surface area contributed by atoms with Crippen molar-refractivity contribution >= 4 is 5.78 Å². The van der Waals surface area contributed by atoms with Crippen LogP contribution in [0.5, 0.6) is 0 Å². The Kier molecular flexibility index (Phi) is 4.61. The summed E-state index contributed by atoms with van der Waals surface area (Å²) >= 11 is 0. The van der Waals surface area contributed by atoms with Crippen LogP contribution in [0.3, 0.4) is 0 Å². The Morgan fingerprint density at radius 2 is 1.27 bits per heavy atom. The molecule has 0 bridgehead atoms. The van der Waals surface area contributed by atoms with Gasteiger partial charge in [0.1, 0.15) is 6.17 Å². The van der Waals surface area contributed by atoms with Crippen LogP contribution in [0.2, 0.25) is 0 Å². The molecule has 22 heavy (non-hydrogen) atoms. The zero-order valence-corrected chi connectivity index (χ0v) is 13.9. The Bertz CT molecular complexity index is 371. The highest BCUT2D eigenvalue weighted by Gasteiger charge is 2.71. The lowest BCUT2D eigenvalue weighted by atomic mass is 9.42. The van der Waals surface area contributed by atoms with Crippen LogP contribution in [0.25, 0.3) is 0 Å². The minimum absolute atomic E-state index is 0.220. The second kappa shape index (κ2) is 6.20. The summed E-state index contributed by atoms with van der Waals surface area (Å²) in [6, 6.07) is 0. The molecule has 3 aliphatic rings. The number of ether oxygens (including phenoxy) is 2. The van der Waals surface area contributed by atoms with Crippen molar-refractivity contribution in [2.45, 2.75) is 83.6 Å². The summed E-state index contributed by atoms with van der Waals surface area (Å²) in [5.41, 5.74) is -1.35. The van der Waals surface area contributed by atoms with Crippen molar-refractivity contribution in [2.75, 3.05) is 13.2 Å². The molecule has 3 rings (SSSR count). The summed E-state index contributed by atoms with van der Waals surface area (Å²) in [6.45, 7) is 5.38. The maximum absolute atomic E-state index is 15.2. The Morgan fingerprint density at radius 1 is 0.909 bits per heavy atom. The van der Waals surface area contributed by atoms with Crippen molar-refractivity contribution in [1.29, 1.82) is 0 Å². The molecule has 0 amide bonds. The Hall–Kier alpha value is -0.480. The van der Waals surface area contributed by atoms with Gasteiger partial charge in [0.25, 0.3) is 0 Å². The van der Waals surface area contributed by atoms with E-state index in [1.165, 1.54) is 0 Å². The molecule has 3 nitrogen and oxygen atoms in total. The van der Waals surface area contributed by atoms with Crippen LogP contribution in [0.1, 0.15) is 65.2 Å². The lowest BCUT2D eigenvalue weighted by Crippen LogP contribution is -2.69. The molecule has 0 aromatic rings. The van der Waals surface area contributed by atoms with E-state index >= 15 is 4.39 Å². The average Bonchev–Trinajstić information content (AvgIpc) is 2.56. The minimum Gasteiger partial charge on any atom is -0.379 e. The highest BCUT2D eigenvalue weighted by molar-refractivity contribution is 5.98. The predicted octanol–water partition coefficient (Wildman–Crippen LogP) is 3.84. The molecule has 0 saturated heterocycles. The van der Waals surface area contributed by atoms with E-state index in [0.29, 0.717) is 38.9 Å². The van der Waals surface area contributed by atoms with Crippen molar-refractivity contribution in [3.8, 4) is 0 Å². The van der Waals surface area contributed by atoms with Crippen LogP contribution in [0.15, 0.2) is 0 Å². The summed E-state index contributed by atoms with van der Waals surface area (Å²) < 4.78 is 26.5. The van der Waals surface area contributed by atoms with Crippen LogP contribution in [-0.2, 0) is 14.3 Å². The van der Waals surface area contributed by atoms with Crippen molar-refractivity contribution in [2.24, 2.45) is 10.8 Å². The number of ketones is 1. The first-order valence-electron chi connectivity index (χ1n) is 9.01. The van der Waals surface area contributed by atoms with Gasteiger partial charge < -0.3 is 9.47 Å². The normalized spacial score (nSPS) is 45.2. The number of halogens is 1. The molecule has 3 saturated carbocycles. The number of Topliss-reactive ketones (excluding diaryl/α,β-unsaturated/α-hetero) is 1. The zero-order chi connectivity index (χ0) is 15.8. The van der Waals surface area contributed by atoms with Crippen molar-refractivity contribution in [1.82, 2.24) is 0 Å². The number of carbonyl (C=O) groups is 1. The summed E-state index contributed by atoms with van der Waals surface area (Å²) in [4.78, 5) is 12.9.